The maximum absolute atomic E-state index is 14.9. The van der Waals surface area contributed by atoms with E-state index in [1.807, 2.05) is 24.3 Å². The van der Waals surface area contributed by atoms with Crippen LogP contribution in [0.3, 0.4) is 0 Å². The van der Waals surface area contributed by atoms with Crippen LogP contribution in [-0.2, 0) is 20.7 Å². The van der Waals surface area contributed by atoms with Crippen molar-refractivity contribution in [3.63, 3.8) is 0 Å². The molecule has 4 N–H and O–H groups in total. The van der Waals surface area contributed by atoms with Crippen LogP contribution in [0.5, 0.6) is 0 Å². The minimum absolute atomic E-state index is 0.0909. The van der Waals surface area contributed by atoms with E-state index < -0.39 is 11.9 Å². The van der Waals surface area contributed by atoms with Gasteiger partial charge in [-0.1, -0.05) is 46.3 Å². The number of anilines is 1. The molecular weight excluding hydrogens is 572 g/mol. The Labute approximate surface area is 234 Å². The number of amides is 2. The highest BCUT2D eigenvalue weighted by Crippen LogP contribution is 2.30. The maximum atomic E-state index is 14.9. The van der Waals surface area contributed by atoms with Crippen LogP contribution in [-0.4, -0.2) is 43.9 Å². The predicted octanol–water partition coefficient (Wildman–Crippen LogP) is 5.27. The monoisotopic (exact) mass is 601 g/mol. The highest BCUT2D eigenvalue weighted by molar-refractivity contribution is 9.10. The number of hydrogen-bond acceptors (Lipinski definition) is 5. The van der Waals surface area contributed by atoms with Gasteiger partial charge in [-0.2, -0.15) is 0 Å². The second kappa shape index (κ2) is 13.6. The summed E-state index contributed by atoms with van der Waals surface area (Å²) in [7, 11) is 0. The second-order valence-electron chi connectivity index (χ2n) is 9.40. The molecule has 10 heteroatoms. The van der Waals surface area contributed by atoms with Gasteiger partial charge in [0, 0.05) is 34.6 Å². The van der Waals surface area contributed by atoms with Gasteiger partial charge < -0.3 is 25.8 Å². The van der Waals surface area contributed by atoms with E-state index in [9.17, 15) is 18.4 Å². The lowest BCUT2D eigenvalue weighted by molar-refractivity contribution is -0.116. The average molecular weight is 602 g/mol. The molecule has 0 radical (unpaired) electrons. The number of ether oxygens (including phenoxy) is 2. The number of hydrogen-bond donors (Lipinski definition) is 3. The van der Waals surface area contributed by atoms with Crippen molar-refractivity contribution in [2.24, 2.45) is 5.73 Å². The van der Waals surface area contributed by atoms with Crippen molar-refractivity contribution in [2.45, 2.75) is 37.3 Å². The molecule has 206 valence electrons. The quantitative estimate of drug-likeness (QED) is 0.294. The summed E-state index contributed by atoms with van der Waals surface area (Å²) >= 11 is 3.43. The Morgan fingerprint density at radius 1 is 1.08 bits per heavy atom. The van der Waals surface area contributed by atoms with E-state index >= 15 is 0 Å². The third kappa shape index (κ3) is 8.32. The van der Waals surface area contributed by atoms with Gasteiger partial charge in [0.25, 0.3) is 0 Å². The maximum Gasteiger partial charge on any atom is 0.404 e. The summed E-state index contributed by atoms with van der Waals surface area (Å²) < 4.78 is 40.0. The van der Waals surface area contributed by atoms with Gasteiger partial charge in [-0.25, -0.2) is 13.6 Å². The summed E-state index contributed by atoms with van der Waals surface area (Å²) in [6.07, 6.45) is -0.0389. The van der Waals surface area contributed by atoms with Crippen molar-refractivity contribution < 1.29 is 27.8 Å². The van der Waals surface area contributed by atoms with Crippen molar-refractivity contribution in [1.82, 2.24) is 5.32 Å². The van der Waals surface area contributed by atoms with Gasteiger partial charge in [0.05, 0.1) is 18.8 Å². The Balaban J connectivity index is 1.41. The largest absolute Gasteiger partial charge is 0.448 e. The standard InChI is InChI=1S/C29H30BrF2N3O4/c30-20-8-4-18(5-9-20)25(19-6-10-21(31)11-7-19)14-28(36)35-27-3-1-2-26(32)24(27)13-12-23-15-34-22(16-38-23)17-39-29(33)37/h1-11,22-23,25,34H,12-17H2,(H2,33,37)(H,35,36)/t22-,23+,25-/m0/s1. The molecule has 3 atom stereocenters. The third-order valence-corrected chi connectivity index (χ3v) is 7.17. The highest BCUT2D eigenvalue weighted by atomic mass is 79.9. The van der Waals surface area contributed by atoms with E-state index in [0.717, 1.165) is 15.6 Å². The number of halogens is 3. The molecule has 1 aliphatic rings. The van der Waals surface area contributed by atoms with Gasteiger partial charge in [-0.15, -0.1) is 0 Å². The van der Waals surface area contributed by atoms with E-state index in [1.54, 1.807) is 24.3 Å². The van der Waals surface area contributed by atoms with E-state index in [-0.39, 0.29) is 42.8 Å². The molecule has 3 aromatic carbocycles. The predicted molar refractivity (Wildman–Crippen MR) is 147 cm³/mol. The molecule has 3 aromatic rings. The molecule has 39 heavy (non-hydrogen) atoms. The molecular formula is C29H30BrF2N3O4. The molecule has 0 aliphatic carbocycles. The third-order valence-electron chi connectivity index (χ3n) is 6.64. The first-order valence-corrected chi connectivity index (χ1v) is 13.4. The SMILES string of the molecule is NC(=O)OC[C@@H]1CO[C@H](CCc2c(F)cccc2NC(=O)C[C@H](c2ccc(F)cc2)c2ccc(Br)cc2)CN1. The molecule has 1 aliphatic heterocycles. The van der Waals surface area contributed by atoms with E-state index in [4.69, 9.17) is 15.2 Å². The molecule has 4 rings (SSSR count). The lowest BCUT2D eigenvalue weighted by atomic mass is 9.88. The molecule has 1 saturated heterocycles. The Morgan fingerprint density at radius 2 is 1.77 bits per heavy atom. The number of nitrogens with two attached hydrogens (primary N) is 1. The van der Waals surface area contributed by atoms with Crippen LogP contribution in [0.25, 0.3) is 0 Å². The Hall–Kier alpha value is -3.34. The van der Waals surface area contributed by atoms with E-state index in [0.29, 0.717) is 37.2 Å². The van der Waals surface area contributed by atoms with Crippen molar-refractivity contribution >= 4 is 33.6 Å². The zero-order valence-corrected chi connectivity index (χ0v) is 22.8. The van der Waals surface area contributed by atoms with Gasteiger partial charge in [-0.05, 0) is 60.4 Å². The number of carbonyl (C=O) groups excluding carboxylic acids is 2. The number of rotatable bonds is 10. The van der Waals surface area contributed by atoms with Crippen LogP contribution < -0.4 is 16.4 Å². The molecule has 7 nitrogen and oxygen atoms in total. The molecule has 0 bridgehead atoms. The zero-order valence-electron chi connectivity index (χ0n) is 21.2. The van der Waals surface area contributed by atoms with Crippen LogP contribution in [0.1, 0.15) is 35.4 Å². The lowest BCUT2D eigenvalue weighted by Crippen LogP contribution is -2.49. The van der Waals surface area contributed by atoms with Gasteiger partial charge >= 0.3 is 6.09 Å². The summed E-state index contributed by atoms with van der Waals surface area (Å²) in [6.45, 7) is 0.958. The molecule has 0 saturated carbocycles. The van der Waals surface area contributed by atoms with Crippen LogP contribution in [0.2, 0.25) is 0 Å². The fraction of sp³-hybridized carbons (Fsp3) is 0.310. The van der Waals surface area contributed by atoms with Crippen molar-refractivity contribution in [2.75, 3.05) is 25.1 Å². The Morgan fingerprint density at radius 3 is 2.41 bits per heavy atom. The fourth-order valence-corrected chi connectivity index (χ4v) is 4.85. The van der Waals surface area contributed by atoms with Crippen LogP contribution >= 0.6 is 15.9 Å². The average Bonchev–Trinajstić information content (AvgIpc) is 2.92. The van der Waals surface area contributed by atoms with Crippen LogP contribution in [0.15, 0.2) is 71.2 Å². The first-order chi connectivity index (χ1) is 18.8. The number of primary amides is 1. The number of carbonyl (C=O) groups is 2. The summed E-state index contributed by atoms with van der Waals surface area (Å²) in [5, 5.41) is 6.12. The summed E-state index contributed by atoms with van der Waals surface area (Å²) in [4.78, 5) is 24.0. The lowest BCUT2D eigenvalue weighted by Gasteiger charge is -2.30. The fourth-order valence-electron chi connectivity index (χ4n) is 4.58. The number of benzene rings is 3. The van der Waals surface area contributed by atoms with Crippen molar-refractivity contribution in [1.29, 1.82) is 0 Å². The molecule has 1 heterocycles. The zero-order chi connectivity index (χ0) is 27.8. The molecule has 0 spiro atoms. The van der Waals surface area contributed by atoms with Gasteiger partial charge in [0.1, 0.15) is 18.2 Å². The highest BCUT2D eigenvalue weighted by Gasteiger charge is 2.24. The summed E-state index contributed by atoms with van der Waals surface area (Å²) in [5.41, 5.74) is 7.51. The Bertz CT molecular complexity index is 1220. The molecule has 1 fully saturated rings. The minimum atomic E-state index is -0.839. The first-order valence-electron chi connectivity index (χ1n) is 12.6. The number of morpholine rings is 1. The van der Waals surface area contributed by atoms with Gasteiger partial charge in [-0.3, -0.25) is 4.79 Å². The molecule has 2 amide bonds. The van der Waals surface area contributed by atoms with Crippen LogP contribution in [0, 0.1) is 11.6 Å². The van der Waals surface area contributed by atoms with Gasteiger partial charge in [0.2, 0.25) is 5.91 Å². The van der Waals surface area contributed by atoms with Crippen LogP contribution in [0.4, 0.5) is 19.3 Å². The normalized spacial score (nSPS) is 17.8. The smallest absolute Gasteiger partial charge is 0.404 e. The molecule has 0 aromatic heterocycles. The number of nitrogens with one attached hydrogen (secondary N) is 2. The van der Waals surface area contributed by atoms with Crippen molar-refractivity contribution in [3.8, 4) is 0 Å². The topological polar surface area (TPSA) is 103 Å². The van der Waals surface area contributed by atoms with Crippen molar-refractivity contribution in [3.05, 3.63) is 99.5 Å². The summed E-state index contributed by atoms with van der Waals surface area (Å²) in [6, 6.07) is 18.2. The minimum Gasteiger partial charge on any atom is -0.448 e. The van der Waals surface area contributed by atoms with Gasteiger partial charge in [0.15, 0.2) is 0 Å². The summed E-state index contributed by atoms with van der Waals surface area (Å²) in [5.74, 6) is -1.36. The van der Waals surface area contributed by atoms with E-state index in [1.165, 1.54) is 18.2 Å². The second-order valence-corrected chi connectivity index (χ2v) is 10.3. The van der Waals surface area contributed by atoms with E-state index in [2.05, 4.69) is 26.6 Å². The Kier molecular flexibility index (Phi) is 10.0. The first kappa shape index (κ1) is 28.7. The molecule has 0 unspecified atom stereocenters.